The van der Waals surface area contributed by atoms with Gasteiger partial charge in [0.05, 0.1) is 6.61 Å². The molecular formula is C13H17BrN2O2. The highest BCUT2D eigenvalue weighted by Crippen LogP contribution is 2.41. The second kappa shape index (κ2) is 5.28. The van der Waals surface area contributed by atoms with Crippen LogP contribution < -0.4 is 11.1 Å². The number of anilines is 1. The highest BCUT2D eigenvalue weighted by molar-refractivity contribution is 9.10. The molecule has 3 N–H and O–H groups in total. The van der Waals surface area contributed by atoms with E-state index in [1.807, 2.05) is 24.3 Å². The Morgan fingerprint density at radius 2 is 2.11 bits per heavy atom. The highest BCUT2D eigenvalue weighted by Gasteiger charge is 2.50. The van der Waals surface area contributed by atoms with Crippen LogP contribution in [0, 0.1) is 5.92 Å². The van der Waals surface area contributed by atoms with Gasteiger partial charge in [0.2, 0.25) is 5.91 Å². The zero-order valence-electron chi connectivity index (χ0n) is 10.3. The topological polar surface area (TPSA) is 64.3 Å². The molecule has 0 saturated heterocycles. The van der Waals surface area contributed by atoms with Gasteiger partial charge in [-0.1, -0.05) is 15.9 Å². The Hall–Kier alpha value is -1.07. The minimum atomic E-state index is -0.789. The zero-order valence-corrected chi connectivity index (χ0v) is 11.9. The molecule has 0 radical (unpaired) electrons. The fourth-order valence-electron chi connectivity index (χ4n) is 2.18. The molecule has 1 amide bonds. The van der Waals surface area contributed by atoms with Gasteiger partial charge in [0.15, 0.2) is 0 Å². The van der Waals surface area contributed by atoms with Gasteiger partial charge in [0.1, 0.15) is 5.54 Å². The molecular weight excluding hydrogens is 296 g/mol. The average molecular weight is 313 g/mol. The number of carbonyl (C=O) groups excluding carboxylic acids is 1. The predicted molar refractivity (Wildman–Crippen MR) is 74.3 cm³/mol. The van der Waals surface area contributed by atoms with Crippen molar-refractivity contribution in [3.05, 3.63) is 28.7 Å². The molecule has 2 rings (SSSR count). The van der Waals surface area contributed by atoms with E-state index in [2.05, 4.69) is 21.2 Å². The van der Waals surface area contributed by atoms with Crippen molar-refractivity contribution in [1.29, 1.82) is 0 Å². The van der Waals surface area contributed by atoms with Crippen LogP contribution in [0.15, 0.2) is 28.7 Å². The third-order valence-corrected chi connectivity index (χ3v) is 3.83. The smallest absolute Gasteiger partial charge is 0.245 e. The molecule has 4 nitrogen and oxygen atoms in total. The Morgan fingerprint density at radius 3 is 2.56 bits per heavy atom. The lowest BCUT2D eigenvalue weighted by Crippen LogP contribution is -2.55. The number of amides is 1. The number of ether oxygens (including phenoxy) is 1. The van der Waals surface area contributed by atoms with Gasteiger partial charge < -0.3 is 15.8 Å². The monoisotopic (exact) mass is 312 g/mol. The van der Waals surface area contributed by atoms with Crippen molar-refractivity contribution in [2.75, 3.05) is 19.0 Å². The number of benzene rings is 1. The van der Waals surface area contributed by atoms with Crippen LogP contribution in [-0.4, -0.2) is 25.2 Å². The average Bonchev–Trinajstić information content (AvgIpc) is 3.15. The minimum absolute atomic E-state index is 0.263. The highest BCUT2D eigenvalue weighted by atomic mass is 79.9. The Labute approximate surface area is 115 Å². The Balaban J connectivity index is 2.23. The number of methoxy groups -OCH3 is 1. The van der Waals surface area contributed by atoms with Gasteiger partial charge in [-0.2, -0.15) is 0 Å². The number of rotatable bonds is 6. The Kier molecular flexibility index (Phi) is 3.92. The molecule has 1 aromatic carbocycles. The molecule has 0 spiro atoms. The summed E-state index contributed by atoms with van der Waals surface area (Å²) in [4.78, 5) is 11.8. The van der Waals surface area contributed by atoms with E-state index in [0.717, 1.165) is 23.0 Å². The zero-order chi connectivity index (χ0) is 13.2. The van der Waals surface area contributed by atoms with Crippen LogP contribution in [0.2, 0.25) is 0 Å². The third kappa shape index (κ3) is 2.67. The maximum absolute atomic E-state index is 11.8. The summed E-state index contributed by atoms with van der Waals surface area (Å²) in [5.41, 5.74) is 5.67. The quantitative estimate of drug-likeness (QED) is 0.846. The first-order valence-corrected chi connectivity index (χ1v) is 6.70. The number of primary amides is 1. The SMILES string of the molecule is COCC(Nc1ccc(Br)cc1)(C(N)=O)C1CC1. The van der Waals surface area contributed by atoms with Crippen LogP contribution in [0.25, 0.3) is 0 Å². The van der Waals surface area contributed by atoms with Crippen LogP contribution in [0.1, 0.15) is 12.8 Å². The van der Waals surface area contributed by atoms with Crippen molar-refractivity contribution in [1.82, 2.24) is 0 Å². The lowest BCUT2D eigenvalue weighted by atomic mass is 9.92. The van der Waals surface area contributed by atoms with Crippen LogP contribution in [0.5, 0.6) is 0 Å². The molecule has 1 aliphatic carbocycles. The minimum Gasteiger partial charge on any atom is -0.382 e. The lowest BCUT2D eigenvalue weighted by molar-refractivity contribution is -0.124. The van der Waals surface area contributed by atoms with Crippen molar-refractivity contribution in [2.24, 2.45) is 11.7 Å². The van der Waals surface area contributed by atoms with Crippen molar-refractivity contribution in [3.63, 3.8) is 0 Å². The van der Waals surface area contributed by atoms with E-state index in [9.17, 15) is 4.79 Å². The molecule has 1 fully saturated rings. The summed E-state index contributed by atoms with van der Waals surface area (Å²) in [6.07, 6.45) is 2.02. The second-order valence-corrected chi connectivity index (χ2v) is 5.59. The van der Waals surface area contributed by atoms with Crippen molar-refractivity contribution >= 4 is 27.5 Å². The second-order valence-electron chi connectivity index (χ2n) is 4.67. The predicted octanol–water partition coefficient (Wildman–Crippen LogP) is 2.14. The number of hydrogen-bond acceptors (Lipinski definition) is 3. The van der Waals surface area contributed by atoms with E-state index in [-0.39, 0.29) is 11.8 Å². The molecule has 1 atom stereocenters. The van der Waals surface area contributed by atoms with Crippen LogP contribution in [0.4, 0.5) is 5.69 Å². The van der Waals surface area contributed by atoms with Crippen molar-refractivity contribution in [2.45, 2.75) is 18.4 Å². The van der Waals surface area contributed by atoms with Gasteiger partial charge in [0.25, 0.3) is 0 Å². The lowest BCUT2D eigenvalue weighted by Gasteiger charge is -2.32. The summed E-state index contributed by atoms with van der Waals surface area (Å²) in [5.74, 6) is -0.0895. The first kappa shape index (κ1) is 13.4. The van der Waals surface area contributed by atoms with Gasteiger partial charge in [0, 0.05) is 17.3 Å². The third-order valence-electron chi connectivity index (χ3n) is 3.30. The molecule has 18 heavy (non-hydrogen) atoms. The Bertz CT molecular complexity index is 431. The van der Waals surface area contributed by atoms with E-state index in [1.54, 1.807) is 7.11 Å². The van der Waals surface area contributed by atoms with Gasteiger partial charge in [-0.25, -0.2) is 0 Å². The fraction of sp³-hybridized carbons (Fsp3) is 0.462. The molecule has 1 aliphatic rings. The summed E-state index contributed by atoms with van der Waals surface area (Å²) in [6.45, 7) is 0.295. The van der Waals surface area contributed by atoms with E-state index in [4.69, 9.17) is 10.5 Å². The van der Waals surface area contributed by atoms with Gasteiger partial charge in [-0.15, -0.1) is 0 Å². The molecule has 0 bridgehead atoms. The molecule has 1 aromatic rings. The number of halogens is 1. The molecule has 1 unspecified atom stereocenters. The van der Waals surface area contributed by atoms with E-state index < -0.39 is 5.54 Å². The largest absolute Gasteiger partial charge is 0.382 e. The standard InChI is InChI=1S/C13H17BrN2O2/c1-18-8-13(12(15)17,9-2-3-9)16-11-6-4-10(14)5-7-11/h4-7,9,16H,2-3,8H2,1H3,(H2,15,17). The summed E-state index contributed by atoms with van der Waals surface area (Å²) >= 11 is 3.38. The van der Waals surface area contributed by atoms with Crippen LogP contribution >= 0.6 is 15.9 Å². The van der Waals surface area contributed by atoms with Gasteiger partial charge in [-0.05, 0) is 43.0 Å². The van der Waals surface area contributed by atoms with Crippen molar-refractivity contribution in [3.8, 4) is 0 Å². The Morgan fingerprint density at radius 1 is 1.50 bits per heavy atom. The molecule has 5 heteroatoms. The maximum atomic E-state index is 11.8. The fourth-order valence-corrected chi connectivity index (χ4v) is 2.45. The molecule has 1 saturated carbocycles. The first-order chi connectivity index (χ1) is 8.58. The summed E-state index contributed by atoms with van der Waals surface area (Å²) in [7, 11) is 1.59. The summed E-state index contributed by atoms with van der Waals surface area (Å²) in [5, 5.41) is 3.26. The van der Waals surface area contributed by atoms with E-state index in [1.165, 1.54) is 0 Å². The normalized spacial score (nSPS) is 18.1. The van der Waals surface area contributed by atoms with Crippen LogP contribution in [-0.2, 0) is 9.53 Å². The molecule has 98 valence electrons. The van der Waals surface area contributed by atoms with Crippen molar-refractivity contribution < 1.29 is 9.53 Å². The number of nitrogens with one attached hydrogen (secondary N) is 1. The molecule has 0 heterocycles. The molecule has 0 aromatic heterocycles. The molecule has 0 aliphatic heterocycles. The van der Waals surface area contributed by atoms with Crippen LogP contribution in [0.3, 0.4) is 0 Å². The van der Waals surface area contributed by atoms with Gasteiger partial charge in [-0.3, -0.25) is 4.79 Å². The summed E-state index contributed by atoms with van der Waals surface area (Å²) in [6, 6.07) is 7.68. The summed E-state index contributed by atoms with van der Waals surface area (Å²) < 4.78 is 6.19. The van der Waals surface area contributed by atoms with E-state index in [0.29, 0.717) is 6.61 Å². The van der Waals surface area contributed by atoms with E-state index >= 15 is 0 Å². The number of hydrogen-bond donors (Lipinski definition) is 2. The number of carbonyl (C=O) groups is 1. The first-order valence-electron chi connectivity index (χ1n) is 5.91. The number of nitrogens with two attached hydrogens (primary N) is 1. The van der Waals surface area contributed by atoms with Gasteiger partial charge >= 0.3 is 0 Å². The maximum Gasteiger partial charge on any atom is 0.245 e.